The third-order valence-electron chi connectivity index (χ3n) is 6.47. The van der Waals surface area contributed by atoms with E-state index in [1.54, 1.807) is 12.4 Å². The molecule has 6 heteroatoms. The predicted octanol–water partition coefficient (Wildman–Crippen LogP) is 8.06. The van der Waals surface area contributed by atoms with Gasteiger partial charge in [-0.1, -0.05) is 62.6 Å². The Morgan fingerprint density at radius 2 is 1.56 bits per heavy atom. The van der Waals surface area contributed by atoms with Crippen LogP contribution in [0, 0.1) is 12.1 Å². The summed E-state index contributed by atoms with van der Waals surface area (Å²) in [5, 5.41) is 3.53. The van der Waals surface area contributed by atoms with Crippen molar-refractivity contribution in [1.82, 2.24) is 15.0 Å². The van der Waals surface area contributed by atoms with Gasteiger partial charge in [0.05, 0.1) is 13.7 Å². The van der Waals surface area contributed by atoms with Crippen LogP contribution in [0.5, 0.6) is 0 Å². The minimum absolute atomic E-state index is 0. The van der Waals surface area contributed by atoms with E-state index in [1.165, 1.54) is 10.8 Å². The molecule has 0 atom stereocenters. The Balaban J connectivity index is 0.000000228. The van der Waals surface area contributed by atoms with E-state index in [9.17, 15) is 0 Å². The molecule has 4 nitrogen and oxygen atoms in total. The van der Waals surface area contributed by atoms with Gasteiger partial charge in [0.25, 0.3) is 0 Å². The van der Waals surface area contributed by atoms with Gasteiger partial charge < -0.3 is 14.4 Å². The van der Waals surface area contributed by atoms with E-state index in [0.29, 0.717) is 11.6 Å². The molecule has 0 spiro atoms. The van der Waals surface area contributed by atoms with Gasteiger partial charge in [0.15, 0.2) is 0 Å². The number of rotatable bonds is 4. The maximum absolute atomic E-state index is 5.81. The van der Waals surface area contributed by atoms with Crippen LogP contribution in [0.25, 0.3) is 44.6 Å². The maximum atomic E-state index is 5.81. The Bertz CT molecular complexity index is 1640. The molecular formula is C33H31IrN3OSi-2. The number of hydrogen-bond acceptors (Lipinski definition) is 4. The molecule has 4 aromatic heterocycles. The van der Waals surface area contributed by atoms with Gasteiger partial charge in [-0.15, -0.1) is 59.7 Å². The summed E-state index contributed by atoms with van der Waals surface area (Å²) in [6.07, 6.45) is 5.63. The third-order valence-corrected chi connectivity index (χ3v) is 8.51. The number of fused-ring (bicyclic) bond motifs is 3. The van der Waals surface area contributed by atoms with Gasteiger partial charge >= 0.3 is 0 Å². The van der Waals surface area contributed by atoms with Crippen molar-refractivity contribution < 1.29 is 24.5 Å². The van der Waals surface area contributed by atoms with Crippen LogP contribution in [0.2, 0.25) is 19.6 Å². The Hall–Kier alpha value is -3.44. The Kier molecular flexibility index (Phi) is 8.91. The molecule has 0 aliphatic rings. The first-order valence-corrected chi connectivity index (χ1v) is 16.4. The van der Waals surface area contributed by atoms with Gasteiger partial charge in [-0.3, -0.25) is 0 Å². The molecule has 6 rings (SSSR count). The van der Waals surface area contributed by atoms with Crippen molar-refractivity contribution in [2.45, 2.75) is 39.4 Å². The van der Waals surface area contributed by atoms with Crippen LogP contribution < -0.4 is 5.19 Å². The average Bonchev–Trinajstić information content (AvgIpc) is 3.31. The fraction of sp³-hybridized carbons (Fsp3) is 0.182. The number of hydrogen-bond donors (Lipinski definition) is 0. The summed E-state index contributed by atoms with van der Waals surface area (Å²) in [7, 11) is -1.43. The molecular weight excluding hydrogens is 675 g/mol. The first-order chi connectivity index (χ1) is 18.3. The minimum Gasteiger partial charge on any atom is -0.486 e. The van der Waals surface area contributed by atoms with E-state index in [0.717, 1.165) is 38.9 Å². The van der Waals surface area contributed by atoms with Crippen LogP contribution in [-0.4, -0.2) is 23.0 Å². The fourth-order valence-corrected chi connectivity index (χ4v) is 6.18. The first-order valence-electron chi connectivity index (χ1n) is 12.9. The molecule has 0 bridgehead atoms. The molecule has 0 aliphatic heterocycles. The predicted molar refractivity (Wildman–Crippen MR) is 159 cm³/mol. The van der Waals surface area contributed by atoms with Crippen molar-refractivity contribution in [2.24, 2.45) is 0 Å². The molecule has 0 aliphatic carbocycles. The Morgan fingerprint density at radius 1 is 0.769 bits per heavy atom. The van der Waals surface area contributed by atoms with Gasteiger partial charge in [0.2, 0.25) is 5.71 Å². The molecule has 0 amide bonds. The van der Waals surface area contributed by atoms with Crippen LogP contribution >= 0.6 is 0 Å². The monoisotopic (exact) mass is 706 g/mol. The van der Waals surface area contributed by atoms with Crippen LogP contribution in [-0.2, 0) is 20.1 Å². The minimum atomic E-state index is -1.43. The molecule has 199 valence electrons. The van der Waals surface area contributed by atoms with Gasteiger partial charge in [-0.25, -0.2) is 4.98 Å². The van der Waals surface area contributed by atoms with Crippen molar-refractivity contribution in [1.29, 1.82) is 0 Å². The molecule has 0 N–H and O–H groups in total. The van der Waals surface area contributed by atoms with Crippen molar-refractivity contribution in [3.05, 3.63) is 109 Å². The summed E-state index contributed by atoms with van der Waals surface area (Å²) in [6, 6.07) is 30.4. The number of pyridine rings is 3. The number of nitrogens with zero attached hydrogens (tertiary/aromatic N) is 3. The molecule has 4 heterocycles. The summed E-state index contributed by atoms with van der Waals surface area (Å²) >= 11 is 0. The second-order valence-corrected chi connectivity index (χ2v) is 15.7. The molecule has 39 heavy (non-hydrogen) atoms. The smallest absolute Gasteiger partial charge is 0.216 e. The van der Waals surface area contributed by atoms with E-state index < -0.39 is 8.07 Å². The number of aromatic nitrogens is 3. The quantitative estimate of drug-likeness (QED) is 0.138. The standard InChI is InChI=1S/C22H23N2OSi.C11H8N.Ir/c1-14(2)17-12-19(24-13-21(17)26(3,4)5)15-8-9-20-18(11-15)16-7-6-10-23-22(16)25-20;1-2-6-10(7-3-1)11-8-4-5-9-12-11;/h6-7,9-14H,1-5H3;1-6,8-9H;/q2*-1;. The summed E-state index contributed by atoms with van der Waals surface area (Å²) < 4.78 is 5.81. The molecule has 0 saturated carbocycles. The van der Waals surface area contributed by atoms with Crippen LogP contribution in [0.15, 0.2) is 95.8 Å². The van der Waals surface area contributed by atoms with E-state index in [4.69, 9.17) is 9.40 Å². The number of furan rings is 1. The molecule has 2 aromatic carbocycles. The summed E-state index contributed by atoms with van der Waals surface area (Å²) in [5.74, 6) is 0.473. The van der Waals surface area contributed by atoms with Gasteiger partial charge in [0.1, 0.15) is 0 Å². The first kappa shape index (κ1) is 28.6. The zero-order valence-electron chi connectivity index (χ0n) is 22.8. The van der Waals surface area contributed by atoms with E-state index >= 15 is 0 Å². The van der Waals surface area contributed by atoms with E-state index in [2.05, 4.69) is 73.9 Å². The van der Waals surface area contributed by atoms with E-state index in [-0.39, 0.29) is 20.1 Å². The number of benzene rings is 2. The normalized spacial score (nSPS) is 11.2. The fourth-order valence-electron chi connectivity index (χ4n) is 4.50. The molecule has 0 fully saturated rings. The largest absolute Gasteiger partial charge is 0.486 e. The zero-order chi connectivity index (χ0) is 26.7. The summed E-state index contributed by atoms with van der Waals surface area (Å²) in [4.78, 5) is 13.3. The van der Waals surface area contributed by atoms with E-state index in [1.807, 2.05) is 60.7 Å². The molecule has 6 aromatic rings. The van der Waals surface area contributed by atoms with Gasteiger partial charge in [-0.05, 0) is 40.7 Å². The van der Waals surface area contributed by atoms with Gasteiger partial charge in [-0.2, -0.15) is 0 Å². The van der Waals surface area contributed by atoms with Crippen LogP contribution in [0.4, 0.5) is 0 Å². The van der Waals surface area contributed by atoms with Crippen molar-refractivity contribution >= 4 is 35.3 Å². The van der Waals surface area contributed by atoms with Crippen molar-refractivity contribution in [2.75, 3.05) is 0 Å². The summed E-state index contributed by atoms with van der Waals surface area (Å²) in [5.41, 5.74) is 6.85. The third kappa shape index (κ3) is 6.42. The van der Waals surface area contributed by atoms with Crippen molar-refractivity contribution in [3.8, 4) is 22.5 Å². The Labute approximate surface area is 244 Å². The zero-order valence-corrected chi connectivity index (χ0v) is 26.2. The van der Waals surface area contributed by atoms with Crippen molar-refractivity contribution in [3.63, 3.8) is 0 Å². The SMILES string of the molecule is CC(C)c1cc(-c2[c-]cc3oc4ncccc4c3c2)ncc1[Si](C)(C)C.[Ir].[c-]1ccccc1-c1ccccn1. The second-order valence-electron chi connectivity index (χ2n) is 10.6. The van der Waals surface area contributed by atoms with Crippen LogP contribution in [0.3, 0.4) is 0 Å². The maximum Gasteiger partial charge on any atom is 0.216 e. The van der Waals surface area contributed by atoms with Crippen LogP contribution in [0.1, 0.15) is 25.3 Å². The molecule has 0 saturated heterocycles. The Morgan fingerprint density at radius 3 is 2.26 bits per heavy atom. The van der Waals surface area contributed by atoms with Gasteiger partial charge in [0, 0.05) is 44.1 Å². The average molecular weight is 706 g/mol. The molecule has 0 unspecified atom stereocenters. The molecule has 1 radical (unpaired) electrons. The summed E-state index contributed by atoms with van der Waals surface area (Å²) in [6.45, 7) is 11.6. The topological polar surface area (TPSA) is 51.8 Å². The second kappa shape index (κ2) is 12.2.